The molecular formula is C25H33FN2O2. The average molecular weight is 413 g/mol. The first-order valence-electron chi connectivity index (χ1n) is 10.8. The molecule has 0 aliphatic carbocycles. The van der Waals surface area contributed by atoms with Crippen LogP contribution in [0.4, 0.5) is 4.39 Å². The number of ether oxygens (including phenoxy) is 1. The molecule has 30 heavy (non-hydrogen) atoms. The van der Waals surface area contributed by atoms with Crippen LogP contribution in [0.25, 0.3) is 0 Å². The number of piperidine rings is 1. The lowest BCUT2D eigenvalue weighted by atomic mass is 10.0. The molecule has 1 heterocycles. The number of amides is 1. The Kier molecular flexibility index (Phi) is 7.86. The molecule has 5 heteroatoms. The van der Waals surface area contributed by atoms with Crippen molar-refractivity contribution >= 4 is 5.91 Å². The van der Waals surface area contributed by atoms with Gasteiger partial charge in [0.05, 0.1) is 13.0 Å². The number of hydrogen-bond donors (Lipinski definition) is 0. The molecule has 0 bridgehead atoms. The molecule has 1 aliphatic rings. The Labute approximate surface area is 179 Å². The van der Waals surface area contributed by atoms with Gasteiger partial charge in [-0.1, -0.05) is 38.1 Å². The summed E-state index contributed by atoms with van der Waals surface area (Å²) in [5.41, 5.74) is 1.94. The molecule has 0 N–H and O–H groups in total. The lowest BCUT2D eigenvalue weighted by Crippen LogP contribution is -2.46. The predicted molar refractivity (Wildman–Crippen MR) is 118 cm³/mol. The molecule has 0 radical (unpaired) electrons. The highest BCUT2D eigenvalue weighted by Gasteiger charge is 2.27. The molecule has 4 nitrogen and oxygen atoms in total. The highest BCUT2D eigenvalue weighted by molar-refractivity contribution is 5.79. The molecule has 1 fully saturated rings. The summed E-state index contributed by atoms with van der Waals surface area (Å²) < 4.78 is 19.0. The molecule has 3 rings (SSSR count). The lowest BCUT2D eigenvalue weighted by Gasteiger charge is -2.37. The Hall–Kier alpha value is -2.40. The third-order valence-electron chi connectivity index (χ3n) is 5.58. The largest absolute Gasteiger partial charge is 0.493 e. The van der Waals surface area contributed by atoms with E-state index in [1.165, 1.54) is 12.1 Å². The fourth-order valence-corrected chi connectivity index (χ4v) is 3.76. The van der Waals surface area contributed by atoms with Gasteiger partial charge in [0, 0.05) is 12.6 Å². The molecule has 162 valence electrons. The molecule has 0 aromatic heterocycles. The Bertz CT molecular complexity index is 797. The summed E-state index contributed by atoms with van der Waals surface area (Å²) in [5, 5.41) is 0. The van der Waals surface area contributed by atoms with E-state index in [1.54, 1.807) is 12.1 Å². The molecule has 1 saturated heterocycles. The predicted octanol–water partition coefficient (Wildman–Crippen LogP) is 4.53. The van der Waals surface area contributed by atoms with Gasteiger partial charge in [-0.3, -0.25) is 4.79 Å². The highest BCUT2D eigenvalue weighted by Crippen LogP contribution is 2.21. The van der Waals surface area contributed by atoms with Gasteiger partial charge in [-0.15, -0.1) is 0 Å². The summed E-state index contributed by atoms with van der Waals surface area (Å²) in [6.45, 7) is 7.40. The summed E-state index contributed by atoms with van der Waals surface area (Å²) in [6.07, 6.45) is 2.29. The van der Waals surface area contributed by atoms with Crippen LogP contribution in [-0.4, -0.2) is 48.5 Å². The molecule has 0 unspecified atom stereocenters. The maximum absolute atomic E-state index is 13.3. The van der Waals surface area contributed by atoms with Crippen LogP contribution in [-0.2, 0) is 17.8 Å². The number of nitrogens with zero attached hydrogens (tertiary/aromatic N) is 2. The topological polar surface area (TPSA) is 32.8 Å². The maximum atomic E-state index is 13.3. The van der Waals surface area contributed by atoms with E-state index in [9.17, 15) is 9.18 Å². The molecule has 0 atom stereocenters. The molecule has 2 aromatic carbocycles. The molecule has 2 aromatic rings. The van der Waals surface area contributed by atoms with Gasteiger partial charge >= 0.3 is 0 Å². The minimum Gasteiger partial charge on any atom is -0.493 e. The lowest BCUT2D eigenvalue weighted by molar-refractivity contribution is -0.134. The Morgan fingerprint density at radius 3 is 2.27 bits per heavy atom. The van der Waals surface area contributed by atoms with Crippen molar-refractivity contribution in [3.8, 4) is 5.75 Å². The van der Waals surface area contributed by atoms with Crippen molar-refractivity contribution in [1.82, 2.24) is 9.80 Å². The van der Waals surface area contributed by atoms with E-state index in [0.29, 0.717) is 25.5 Å². The molecule has 0 spiro atoms. The highest BCUT2D eigenvalue weighted by atomic mass is 19.1. The number of benzene rings is 2. The molecule has 1 aliphatic heterocycles. The zero-order valence-electron chi connectivity index (χ0n) is 18.3. The third-order valence-corrected chi connectivity index (χ3v) is 5.58. The van der Waals surface area contributed by atoms with Crippen molar-refractivity contribution < 1.29 is 13.9 Å². The standard InChI is InChI=1S/C25H33FN2O2/c1-19(2)18-30-24-10-6-20(7-11-24)16-25(29)28(23-12-14-27(3)15-13-23)17-21-4-8-22(26)9-5-21/h4-11,19,23H,12-18H2,1-3H3. The Morgan fingerprint density at radius 2 is 1.67 bits per heavy atom. The first kappa shape index (κ1) is 22.3. The monoisotopic (exact) mass is 412 g/mol. The van der Waals surface area contributed by atoms with Crippen molar-refractivity contribution in [2.24, 2.45) is 5.92 Å². The number of likely N-dealkylation sites (tertiary alicyclic amines) is 1. The van der Waals surface area contributed by atoms with Crippen LogP contribution in [0.15, 0.2) is 48.5 Å². The molecule has 1 amide bonds. The first-order chi connectivity index (χ1) is 14.4. The number of carbonyl (C=O) groups excluding carboxylic acids is 1. The number of halogens is 1. The van der Waals surface area contributed by atoms with Crippen molar-refractivity contribution in [2.45, 2.75) is 45.7 Å². The fraction of sp³-hybridized carbons (Fsp3) is 0.480. The van der Waals surface area contributed by atoms with Crippen LogP contribution in [0.3, 0.4) is 0 Å². The van der Waals surface area contributed by atoms with Crippen LogP contribution in [0.2, 0.25) is 0 Å². The van der Waals surface area contributed by atoms with Crippen LogP contribution in [0.5, 0.6) is 5.75 Å². The van der Waals surface area contributed by atoms with E-state index < -0.39 is 0 Å². The third kappa shape index (κ3) is 6.56. The van der Waals surface area contributed by atoms with Gasteiger partial charge in [0.2, 0.25) is 5.91 Å². The van der Waals surface area contributed by atoms with Gasteiger partial charge in [-0.25, -0.2) is 4.39 Å². The minimum atomic E-state index is -0.254. The number of carbonyl (C=O) groups is 1. The number of rotatable bonds is 8. The van der Waals surface area contributed by atoms with Crippen LogP contribution in [0.1, 0.15) is 37.8 Å². The van der Waals surface area contributed by atoms with Crippen LogP contribution >= 0.6 is 0 Å². The second kappa shape index (κ2) is 10.6. The van der Waals surface area contributed by atoms with E-state index in [-0.39, 0.29) is 17.8 Å². The van der Waals surface area contributed by atoms with Gasteiger partial charge in [0.25, 0.3) is 0 Å². The van der Waals surface area contributed by atoms with Gasteiger partial charge in [-0.05, 0) is 74.3 Å². The van der Waals surface area contributed by atoms with Crippen molar-refractivity contribution in [3.63, 3.8) is 0 Å². The van der Waals surface area contributed by atoms with E-state index in [0.717, 1.165) is 42.8 Å². The molecular weight excluding hydrogens is 379 g/mol. The summed E-state index contributed by atoms with van der Waals surface area (Å²) in [4.78, 5) is 17.6. The van der Waals surface area contributed by atoms with E-state index in [2.05, 4.69) is 25.8 Å². The smallest absolute Gasteiger partial charge is 0.227 e. The van der Waals surface area contributed by atoms with E-state index >= 15 is 0 Å². The van der Waals surface area contributed by atoms with Gasteiger partial charge in [-0.2, -0.15) is 0 Å². The van der Waals surface area contributed by atoms with Crippen molar-refractivity contribution in [3.05, 3.63) is 65.5 Å². The fourth-order valence-electron chi connectivity index (χ4n) is 3.76. The quantitative estimate of drug-likeness (QED) is 0.639. The Balaban J connectivity index is 1.68. The average Bonchev–Trinajstić information content (AvgIpc) is 2.73. The minimum absolute atomic E-state index is 0.115. The summed E-state index contributed by atoms with van der Waals surface area (Å²) in [6, 6.07) is 14.5. The van der Waals surface area contributed by atoms with Crippen molar-refractivity contribution in [1.29, 1.82) is 0 Å². The van der Waals surface area contributed by atoms with E-state index in [1.807, 2.05) is 29.2 Å². The second-order valence-corrected chi connectivity index (χ2v) is 8.71. The zero-order chi connectivity index (χ0) is 21.5. The van der Waals surface area contributed by atoms with E-state index in [4.69, 9.17) is 4.74 Å². The van der Waals surface area contributed by atoms with Gasteiger partial charge in [0.15, 0.2) is 0 Å². The summed E-state index contributed by atoms with van der Waals surface area (Å²) >= 11 is 0. The zero-order valence-corrected chi connectivity index (χ0v) is 18.3. The SMILES string of the molecule is CC(C)COc1ccc(CC(=O)N(Cc2ccc(F)cc2)C2CCN(C)CC2)cc1. The Morgan fingerprint density at radius 1 is 1.07 bits per heavy atom. The molecule has 0 saturated carbocycles. The first-order valence-corrected chi connectivity index (χ1v) is 10.8. The second-order valence-electron chi connectivity index (χ2n) is 8.71. The normalized spacial score (nSPS) is 15.4. The maximum Gasteiger partial charge on any atom is 0.227 e. The van der Waals surface area contributed by atoms with Gasteiger partial charge < -0.3 is 14.5 Å². The summed E-state index contributed by atoms with van der Waals surface area (Å²) in [5.74, 6) is 1.17. The number of hydrogen-bond acceptors (Lipinski definition) is 3. The van der Waals surface area contributed by atoms with Crippen LogP contribution in [0, 0.1) is 11.7 Å². The van der Waals surface area contributed by atoms with Crippen molar-refractivity contribution in [2.75, 3.05) is 26.7 Å². The summed E-state index contributed by atoms with van der Waals surface area (Å²) in [7, 11) is 2.12. The van der Waals surface area contributed by atoms with Gasteiger partial charge in [0.1, 0.15) is 11.6 Å². The van der Waals surface area contributed by atoms with Crippen LogP contribution < -0.4 is 4.74 Å².